The Bertz CT molecular complexity index is 421. The molecule has 2 aliphatic rings. The van der Waals surface area contributed by atoms with Crippen LogP contribution in [0.5, 0.6) is 0 Å². The van der Waals surface area contributed by atoms with Crippen LogP contribution >= 0.6 is 0 Å². The van der Waals surface area contributed by atoms with Crippen LogP contribution in [0.15, 0.2) is 23.5 Å². The van der Waals surface area contributed by atoms with Crippen LogP contribution in [0.4, 0.5) is 0 Å². The van der Waals surface area contributed by atoms with E-state index in [9.17, 15) is 9.59 Å². The second-order valence-electron chi connectivity index (χ2n) is 4.28. The first kappa shape index (κ1) is 12.7. The number of hydrogen-bond acceptors (Lipinski definition) is 5. The third-order valence-electron chi connectivity index (χ3n) is 3.25. The number of rotatable bonds is 3. The number of fused-ring (bicyclic) bond motifs is 1. The van der Waals surface area contributed by atoms with E-state index in [-0.39, 0.29) is 18.4 Å². The van der Waals surface area contributed by atoms with Gasteiger partial charge in [0.2, 0.25) is 0 Å². The summed E-state index contributed by atoms with van der Waals surface area (Å²) in [5.74, 6) is -0.469. The number of carbonyl (C=O) groups is 2. The van der Waals surface area contributed by atoms with Crippen LogP contribution in [0.2, 0.25) is 0 Å². The second kappa shape index (κ2) is 5.25. The molecule has 0 bridgehead atoms. The smallest absolute Gasteiger partial charge is 0.337 e. The van der Waals surface area contributed by atoms with Crippen molar-refractivity contribution in [3.05, 3.63) is 23.5 Å². The largest absolute Gasteiger partial charge is 0.489 e. The predicted octanol–water partition coefficient (Wildman–Crippen LogP) is 1.34. The van der Waals surface area contributed by atoms with Crippen LogP contribution in [0, 0.1) is 5.92 Å². The van der Waals surface area contributed by atoms with Gasteiger partial charge < -0.3 is 14.2 Å². The molecular formula is C13H16O5. The highest BCUT2D eigenvalue weighted by molar-refractivity contribution is 5.91. The summed E-state index contributed by atoms with van der Waals surface area (Å²) in [6, 6.07) is 0. The zero-order chi connectivity index (χ0) is 13.1. The van der Waals surface area contributed by atoms with E-state index in [0.29, 0.717) is 11.3 Å². The average Bonchev–Trinajstić information content (AvgIpc) is 2.75. The van der Waals surface area contributed by atoms with Crippen LogP contribution in [0.1, 0.15) is 19.3 Å². The predicted molar refractivity (Wildman–Crippen MR) is 62.4 cm³/mol. The third kappa shape index (κ3) is 2.25. The van der Waals surface area contributed by atoms with Gasteiger partial charge in [0.25, 0.3) is 0 Å². The van der Waals surface area contributed by atoms with Crippen molar-refractivity contribution in [3.8, 4) is 0 Å². The molecule has 18 heavy (non-hydrogen) atoms. The molecule has 0 fully saturated rings. The molecule has 0 radical (unpaired) electrons. The Balaban J connectivity index is 2.27. The number of methoxy groups -OCH3 is 2. The SMILES string of the molecule is COC(=O)CC1=C(C(=O)OC)[C@H]2CCC=C[C@H]2O1. The summed E-state index contributed by atoms with van der Waals surface area (Å²) in [4.78, 5) is 23.1. The highest BCUT2D eigenvalue weighted by Crippen LogP contribution is 2.39. The fourth-order valence-electron chi connectivity index (χ4n) is 2.38. The molecule has 0 amide bonds. The topological polar surface area (TPSA) is 61.8 Å². The summed E-state index contributed by atoms with van der Waals surface area (Å²) < 4.78 is 15.0. The number of esters is 2. The molecule has 1 aliphatic heterocycles. The maximum atomic E-state index is 11.8. The first-order chi connectivity index (χ1) is 8.67. The normalized spacial score (nSPS) is 25.4. The van der Waals surface area contributed by atoms with Crippen molar-refractivity contribution < 1.29 is 23.8 Å². The highest BCUT2D eigenvalue weighted by atomic mass is 16.5. The molecular weight excluding hydrogens is 236 g/mol. The molecule has 5 nitrogen and oxygen atoms in total. The molecule has 0 spiro atoms. The lowest BCUT2D eigenvalue weighted by molar-refractivity contribution is -0.140. The minimum absolute atomic E-state index is 0.0119. The molecule has 0 aromatic carbocycles. The zero-order valence-corrected chi connectivity index (χ0v) is 10.5. The lowest BCUT2D eigenvalue weighted by atomic mass is 9.86. The molecule has 1 heterocycles. The summed E-state index contributed by atoms with van der Waals surface area (Å²) >= 11 is 0. The van der Waals surface area contributed by atoms with Gasteiger partial charge >= 0.3 is 11.9 Å². The highest BCUT2D eigenvalue weighted by Gasteiger charge is 2.40. The maximum Gasteiger partial charge on any atom is 0.337 e. The summed E-state index contributed by atoms with van der Waals surface area (Å²) in [5, 5.41) is 0. The summed E-state index contributed by atoms with van der Waals surface area (Å²) in [7, 11) is 2.64. The Morgan fingerprint density at radius 2 is 2.17 bits per heavy atom. The van der Waals surface area contributed by atoms with Crippen molar-refractivity contribution >= 4 is 11.9 Å². The van der Waals surface area contributed by atoms with Gasteiger partial charge in [0.05, 0.1) is 19.8 Å². The van der Waals surface area contributed by atoms with E-state index < -0.39 is 11.9 Å². The van der Waals surface area contributed by atoms with Crippen LogP contribution in [0.3, 0.4) is 0 Å². The van der Waals surface area contributed by atoms with E-state index in [1.807, 2.05) is 12.2 Å². The first-order valence-corrected chi connectivity index (χ1v) is 5.89. The van der Waals surface area contributed by atoms with Crippen molar-refractivity contribution in [2.24, 2.45) is 5.92 Å². The van der Waals surface area contributed by atoms with Gasteiger partial charge in [-0.2, -0.15) is 0 Å². The fourth-order valence-corrected chi connectivity index (χ4v) is 2.38. The molecule has 0 aromatic rings. The number of allylic oxidation sites excluding steroid dienone is 1. The quantitative estimate of drug-likeness (QED) is 0.560. The number of hydrogen-bond donors (Lipinski definition) is 0. The first-order valence-electron chi connectivity index (χ1n) is 5.89. The van der Waals surface area contributed by atoms with Gasteiger partial charge in [0.1, 0.15) is 18.3 Å². The van der Waals surface area contributed by atoms with Gasteiger partial charge in [-0.15, -0.1) is 0 Å². The average molecular weight is 252 g/mol. The summed E-state index contributed by atoms with van der Waals surface area (Å²) in [5.41, 5.74) is 0.484. The van der Waals surface area contributed by atoms with E-state index in [1.54, 1.807) is 0 Å². The van der Waals surface area contributed by atoms with Crippen molar-refractivity contribution in [1.29, 1.82) is 0 Å². The fraction of sp³-hybridized carbons (Fsp3) is 0.538. The van der Waals surface area contributed by atoms with Crippen molar-refractivity contribution in [2.75, 3.05) is 14.2 Å². The Kier molecular flexibility index (Phi) is 3.69. The maximum absolute atomic E-state index is 11.8. The second-order valence-corrected chi connectivity index (χ2v) is 4.28. The zero-order valence-electron chi connectivity index (χ0n) is 10.5. The minimum Gasteiger partial charge on any atom is -0.489 e. The van der Waals surface area contributed by atoms with Gasteiger partial charge in [-0.3, -0.25) is 4.79 Å². The van der Waals surface area contributed by atoms with Gasteiger partial charge in [0, 0.05) is 5.92 Å². The number of ether oxygens (including phenoxy) is 3. The van der Waals surface area contributed by atoms with Gasteiger partial charge in [-0.25, -0.2) is 4.79 Å². The molecule has 5 heteroatoms. The van der Waals surface area contributed by atoms with Crippen LogP contribution in [0.25, 0.3) is 0 Å². The number of carbonyl (C=O) groups excluding carboxylic acids is 2. The van der Waals surface area contributed by atoms with Crippen molar-refractivity contribution in [1.82, 2.24) is 0 Å². The Morgan fingerprint density at radius 1 is 1.39 bits per heavy atom. The van der Waals surface area contributed by atoms with Crippen molar-refractivity contribution in [3.63, 3.8) is 0 Å². The molecule has 2 rings (SSSR count). The van der Waals surface area contributed by atoms with Crippen LogP contribution in [-0.4, -0.2) is 32.3 Å². The van der Waals surface area contributed by atoms with E-state index in [4.69, 9.17) is 9.47 Å². The standard InChI is InChI=1S/C13H16O5/c1-16-11(14)7-10-12(13(15)17-2)8-5-3-4-6-9(8)18-10/h4,6,8-9H,3,5,7H2,1-2H3/t8-,9+/m0/s1. The molecule has 98 valence electrons. The molecule has 1 aliphatic carbocycles. The Hall–Kier alpha value is -1.78. The van der Waals surface area contributed by atoms with E-state index in [2.05, 4.69) is 4.74 Å². The summed E-state index contributed by atoms with van der Waals surface area (Å²) in [6.07, 6.45) is 5.50. The molecule has 2 atom stereocenters. The molecule has 0 aromatic heterocycles. The van der Waals surface area contributed by atoms with Crippen molar-refractivity contribution in [2.45, 2.75) is 25.4 Å². The van der Waals surface area contributed by atoms with Gasteiger partial charge in [-0.05, 0) is 18.9 Å². The van der Waals surface area contributed by atoms with Crippen LogP contribution < -0.4 is 0 Å². The van der Waals surface area contributed by atoms with Gasteiger partial charge in [-0.1, -0.05) is 6.08 Å². The molecule has 0 unspecified atom stereocenters. The molecule has 0 saturated heterocycles. The summed E-state index contributed by atoms with van der Waals surface area (Å²) in [6.45, 7) is 0. The lowest BCUT2D eigenvalue weighted by Crippen LogP contribution is -2.22. The van der Waals surface area contributed by atoms with E-state index >= 15 is 0 Å². The van der Waals surface area contributed by atoms with Crippen LogP contribution in [-0.2, 0) is 23.8 Å². The minimum atomic E-state index is -0.422. The van der Waals surface area contributed by atoms with E-state index in [1.165, 1.54) is 14.2 Å². The third-order valence-corrected chi connectivity index (χ3v) is 3.25. The monoisotopic (exact) mass is 252 g/mol. The molecule has 0 N–H and O–H groups in total. The van der Waals surface area contributed by atoms with Gasteiger partial charge in [0.15, 0.2) is 0 Å². The lowest BCUT2D eigenvalue weighted by Gasteiger charge is -2.20. The van der Waals surface area contributed by atoms with E-state index in [0.717, 1.165) is 12.8 Å². The molecule has 0 saturated carbocycles. The Morgan fingerprint density at radius 3 is 2.83 bits per heavy atom. The Labute approximate surface area is 105 Å².